The molecule has 7 nitrogen and oxygen atoms in total. The number of hydrogen-bond acceptors (Lipinski definition) is 5. The molecule has 0 spiro atoms. The minimum absolute atomic E-state index is 0.150. The van der Waals surface area contributed by atoms with Crippen LogP contribution in [0.5, 0.6) is 0 Å². The van der Waals surface area contributed by atoms with Crippen LogP contribution in [0.1, 0.15) is 6.42 Å². The summed E-state index contributed by atoms with van der Waals surface area (Å²) >= 11 is 0. The lowest BCUT2D eigenvalue weighted by Gasteiger charge is -2.34. The van der Waals surface area contributed by atoms with Crippen molar-refractivity contribution < 1.29 is 19.1 Å². The minimum Gasteiger partial charge on any atom is -0.481 e. The maximum Gasteiger partial charge on any atom is 0.305 e. The summed E-state index contributed by atoms with van der Waals surface area (Å²) in [5.74, 6) is -1.92. The van der Waals surface area contributed by atoms with Crippen molar-refractivity contribution in [3.8, 4) is 0 Å². The summed E-state index contributed by atoms with van der Waals surface area (Å²) in [7, 11) is 0. The van der Waals surface area contributed by atoms with E-state index in [1.54, 1.807) is 0 Å². The number of amides is 1. The van der Waals surface area contributed by atoms with E-state index in [1.807, 2.05) is 0 Å². The smallest absolute Gasteiger partial charge is 0.305 e. The number of nitrogens with zero attached hydrogens (tertiary/aromatic N) is 3. The van der Waals surface area contributed by atoms with Gasteiger partial charge in [-0.05, 0) is 0 Å². The van der Waals surface area contributed by atoms with E-state index in [1.165, 1.54) is 4.90 Å². The lowest BCUT2D eigenvalue weighted by Crippen LogP contribution is -2.56. The second-order valence-corrected chi connectivity index (χ2v) is 3.80. The Morgan fingerprint density at radius 3 is 2.83 bits per heavy atom. The Kier molecular flexibility index (Phi) is 3.35. The lowest BCUT2D eigenvalue weighted by atomic mass is 10.1. The lowest BCUT2D eigenvalue weighted by molar-refractivity contribution is -0.139. The highest BCUT2D eigenvalue weighted by Crippen LogP contribution is 2.15. The van der Waals surface area contributed by atoms with Crippen molar-refractivity contribution >= 4 is 17.8 Å². The SMILES string of the molecule is O=C(O)CC1C(=O)NCCN1c1ncc(F)cn1. The first-order chi connectivity index (χ1) is 8.58. The van der Waals surface area contributed by atoms with Gasteiger partial charge < -0.3 is 15.3 Å². The van der Waals surface area contributed by atoms with E-state index in [9.17, 15) is 14.0 Å². The Bertz CT molecular complexity index is 465. The average molecular weight is 254 g/mol. The van der Waals surface area contributed by atoms with Crippen molar-refractivity contribution in [1.82, 2.24) is 15.3 Å². The monoisotopic (exact) mass is 254 g/mol. The number of carbonyl (C=O) groups excluding carboxylic acids is 1. The molecule has 1 unspecified atom stereocenters. The molecule has 0 saturated carbocycles. The molecule has 0 aliphatic carbocycles. The van der Waals surface area contributed by atoms with Gasteiger partial charge in [0.1, 0.15) is 6.04 Å². The molecule has 2 rings (SSSR count). The van der Waals surface area contributed by atoms with E-state index in [4.69, 9.17) is 5.11 Å². The van der Waals surface area contributed by atoms with E-state index >= 15 is 0 Å². The molecule has 1 saturated heterocycles. The van der Waals surface area contributed by atoms with Crippen molar-refractivity contribution in [3.63, 3.8) is 0 Å². The van der Waals surface area contributed by atoms with E-state index in [0.717, 1.165) is 12.4 Å². The molecule has 1 aromatic rings. The third-order valence-corrected chi connectivity index (χ3v) is 2.56. The van der Waals surface area contributed by atoms with Gasteiger partial charge in [-0.25, -0.2) is 14.4 Å². The standard InChI is InChI=1S/C10H11FN4O3/c11-6-4-13-10(14-5-6)15-2-1-12-9(18)7(15)3-8(16)17/h4-5,7H,1-3H2,(H,12,18)(H,16,17). The van der Waals surface area contributed by atoms with Gasteiger partial charge in [0.15, 0.2) is 5.82 Å². The highest BCUT2D eigenvalue weighted by atomic mass is 19.1. The molecule has 0 bridgehead atoms. The number of aliphatic carboxylic acids is 1. The van der Waals surface area contributed by atoms with E-state index in [2.05, 4.69) is 15.3 Å². The molecule has 8 heteroatoms. The number of carboxylic acid groups (broad SMARTS) is 1. The van der Waals surface area contributed by atoms with Crippen molar-refractivity contribution in [3.05, 3.63) is 18.2 Å². The number of carboxylic acids is 1. The predicted molar refractivity (Wildman–Crippen MR) is 58.4 cm³/mol. The Morgan fingerprint density at radius 2 is 2.22 bits per heavy atom. The van der Waals surface area contributed by atoms with Crippen LogP contribution >= 0.6 is 0 Å². The minimum atomic E-state index is -1.09. The molecule has 1 aliphatic heterocycles. The first-order valence-corrected chi connectivity index (χ1v) is 5.31. The van der Waals surface area contributed by atoms with Gasteiger partial charge in [0.25, 0.3) is 0 Å². The molecule has 0 radical (unpaired) electrons. The zero-order valence-corrected chi connectivity index (χ0v) is 9.34. The van der Waals surface area contributed by atoms with E-state index < -0.39 is 23.7 Å². The molecule has 2 N–H and O–H groups in total. The number of halogens is 1. The number of hydrogen-bond donors (Lipinski definition) is 2. The first-order valence-electron chi connectivity index (χ1n) is 5.31. The van der Waals surface area contributed by atoms with Gasteiger partial charge in [-0.1, -0.05) is 0 Å². The van der Waals surface area contributed by atoms with Crippen LogP contribution in [0.3, 0.4) is 0 Å². The third-order valence-electron chi connectivity index (χ3n) is 2.56. The molecule has 0 aromatic carbocycles. The number of anilines is 1. The van der Waals surface area contributed by atoms with Crippen LogP contribution in [0.15, 0.2) is 12.4 Å². The summed E-state index contributed by atoms with van der Waals surface area (Å²) in [4.78, 5) is 31.4. The largest absolute Gasteiger partial charge is 0.481 e. The van der Waals surface area contributed by atoms with Crippen LogP contribution in [0.2, 0.25) is 0 Å². The summed E-state index contributed by atoms with van der Waals surface area (Å²) in [6.07, 6.45) is 1.60. The molecule has 1 atom stereocenters. The normalized spacial score (nSPS) is 19.5. The van der Waals surface area contributed by atoms with Crippen LogP contribution in [0, 0.1) is 5.82 Å². The van der Waals surface area contributed by atoms with Crippen LogP contribution < -0.4 is 10.2 Å². The fourth-order valence-corrected chi connectivity index (χ4v) is 1.78. The van der Waals surface area contributed by atoms with Crippen LogP contribution in [0.4, 0.5) is 10.3 Å². The van der Waals surface area contributed by atoms with Crippen LogP contribution in [-0.2, 0) is 9.59 Å². The molecular formula is C10H11FN4O3. The summed E-state index contributed by atoms with van der Waals surface area (Å²) in [6, 6.07) is -0.873. The fourth-order valence-electron chi connectivity index (χ4n) is 1.78. The van der Waals surface area contributed by atoms with E-state index in [0.29, 0.717) is 13.1 Å². The second kappa shape index (κ2) is 4.94. The van der Waals surface area contributed by atoms with Crippen molar-refractivity contribution in [2.45, 2.75) is 12.5 Å². The van der Waals surface area contributed by atoms with Crippen LogP contribution in [-0.4, -0.2) is 46.1 Å². The van der Waals surface area contributed by atoms with Gasteiger partial charge in [0.2, 0.25) is 11.9 Å². The third kappa shape index (κ3) is 2.53. The zero-order valence-electron chi connectivity index (χ0n) is 9.34. The highest BCUT2D eigenvalue weighted by Gasteiger charge is 2.33. The molecule has 1 amide bonds. The Hall–Kier alpha value is -2.25. The molecule has 18 heavy (non-hydrogen) atoms. The maximum atomic E-state index is 12.7. The second-order valence-electron chi connectivity index (χ2n) is 3.80. The van der Waals surface area contributed by atoms with Gasteiger partial charge in [-0.3, -0.25) is 9.59 Å². The summed E-state index contributed by atoms with van der Waals surface area (Å²) < 4.78 is 12.7. The average Bonchev–Trinajstić information content (AvgIpc) is 2.32. The number of carbonyl (C=O) groups is 2. The Labute approximate surface area is 102 Å². The summed E-state index contributed by atoms with van der Waals surface area (Å²) in [5.41, 5.74) is 0. The summed E-state index contributed by atoms with van der Waals surface area (Å²) in [6.45, 7) is 0.755. The first kappa shape index (κ1) is 12.2. The number of rotatable bonds is 3. The zero-order chi connectivity index (χ0) is 13.1. The number of nitrogens with one attached hydrogen (secondary N) is 1. The van der Waals surface area contributed by atoms with E-state index in [-0.39, 0.29) is 12.4 Å². The Morgan fingerprint density at radius 1 is 1.56 bits per heavy atom. The molecule has 96 valence electrons. The quantitative estimate of drug-likeness (QED) is 0.747. The van der Waals surface area contributed by atoms with Crippen LogP contribution in [0.25, 0.3) is 0 Å². The van der Waals surface area contributed by atoms with Gasteiger partial charge in [-0.2, -0.15) is 0 Å². The molecular weight excluding hydrogens is 243 g/mol. The van der Waals surface area contributed by atoms with Gasteiger partial charge in [0.05, 0.1) is 18.8 Å². The summed E-state index contributed by atoms with van der Waals surface area (Å²) in [5, 5.41) is 11.4. The number of aromatic nitrogens is 2. The molecule has 1 aliphatic rings. The topological polar surface area (TPSA) is 95.4 Å². The Balaban J connectivity index is 2.24. The van der Waals surface area contributed by atoms with Gasteiger partial charge in [0, 0.05) is 13.1 Å². The molecule has 2 heterocycles. The predicted octanol–water partition coefficient (Wildman–Crippen LogP) is -0.605. The molecule has 1 aromatic heterocycles. The van der Waals surface area contributed by atoms with Crippen molar-refractivity contribution in [2.75, 3.05) is 18.0 Å². The van der Waals surface area contributed by atoms with Crippen molar-refractivity contribution in [2.24, 2.45) is 0 Å². The van der Waals surface area contributed by atoms with Crippen molar-refractivity contribution in [1.29, 1.82) is 0 Å². The van der Waals surface area contributed by atoms with Gasteiger partial charge >= 0.3 is 5.97 Å². The van der Waals surface area contributed by atoms with Gasteiger partial charge in [-0.15, -0.1) is 0 Å². The fraction of sp³-hybridized carbons (Fsp3) is 0.400. The molecule has 1 fully saturated rings. The maximum absolute atomic E-state index is 12.7. The number of piperazine rings is 1. The highest BCUT2D eigenvalue weighted by molar-refractivity contribution is 5.89.